The van der Waals surface area contributed by atoms with Crippen molar-refractivity contribution < 1.29 is 4.92 Å². The monoisotopic (exact) mass is 340 g/mol. The summed E-state index contributed by atoms with van der Waals surface area (Å²) in [7, 11) is 0. The first-order valence-electron chi connectivity index (χ1n) is 7.80. The van der Waals surface area contributed by atoms with Gasteiger partial charge in [-0.1, -0.05) is 36.9 Å². The summed E-state index contributed by atoms with van der Waals surface area (Å²) < 4.78 is 0. The molecule has 3 heterocycles. The smallest absolute Gasteiger partial charge is 0.269 e. The molecule has 1 fully saturated rings. The van der Waals surface area contributed by atoms with Crippen LogP contribution in [0.15, 0.2) is 53.7 Å². The maximum atomic E-state index is 11.1. The van der Waals surface area contributed by atoms with Crippen molar-refractivity contribution in [2.45, 2.75) is 24.3 Å². The first kappa shape index (κ1) is 15.1. The van der Waals surface area contributed by atoms with E-state index in [-0.39, 0.29) is 22.7 Å². The van der Waals surface area contributed by atoms with E-state index in [9.17, 15) is 10.1 Å². The highest BCUT2D eigenvalue weighted by Gasteiger charge is 2.43. The number of pyridine rings is 1. The second-order valence-electron chi connectivity index (χ2n) is 5.99. The molecule has 1 aromatic heterocycles. The number of amidine groups is 1. The molecule has 0 bridgehead atoms. The number of hydrogen-bond acceptors (Lipinski definition) is 6. The van der Waals surface area contributed by atoms with Gasteiger partial charge in [0.25, 0.3) is 5.69 Å². The van der Waals surface area contributed by atoms with E-state index in [0.29, 0.717) is 5.25 Å². The lowest BCUT2D eigenvalue weighted by molar-refractivity contribution is -0.384. The fourth-order valence-corrected chi connectivity index (χ4v) is 4.39. The molecule has 0 unspecified atom stereocenters. The van der Waals surface area contributed by atoms with Crippen molar-refractivity contribution in [1.82, 2.24) is 9.88 Å². The molecule has 0 aliphatic carbocycles. The molecule has 1 saturated heterocycles. The Morgan fingerprint density at radius 1 is 1.29 bits per heavy atom. The molecule has 2 aliphatic rings. The third kappa shape index (κ3) is 2.54. The molecule has 6 nitrogen and oxygen atoms in total. The van der Waals surface area contributed by atoms with Gasteiger partial charge < -0.3 is 4.90 Å². The van der Waals surface area contributed by atoms with Crippen LogP contribution in [-0.4, -0.2) is 31.8 Å². The summed E-state index contributed by atoms with van der Waals surface area (Å²) in [6.45, 7) is 3.06. The predicted molar refractivity (Wildman–Crippen MR) is 94.0 cm³/mol. The van der Waals surface area contributed by atoms with Crippen LogP contribution in [0.2, 0.25) is 0 Å². The Bertz CT molecular complexity index is 811. The number of nitro groups is 1. The molecule has 3 atom stereocenters. The Kier molecular flexibility index (Phi) is 3.72. The van der Waals surface area contributed by atoms with Gasteiger partial charge >= 0.3 is 0 Å². The number of aromatic nitrogens is 1. The molecule has 7 heteroatoms. The lowest BCUT2D eigenvalue weighted by Gasteiger charge is -2.27. The van der Waals surface area contributed by atoms with Gasteiger partial charge in [0.05, 0.1) is 16.7 Å². The van der Waals surface area contributed by atoms with Crippen LogP contribution >= 0.6 is 11.8 Å². The zero-order valence-corrected chi connectivity index (χ0v) is 13.9. The van der Waals surface area contributed by atoms with Gasteiger partial charge in [-0.05, 0) is 17.7 Å². The van der Waals surface area contributed by atoms with Gasteiger partial charge in [0, 0.05) is 30.1 Å². The van der Waals surface area contributed by atoms with Crippen LogP contribution < -0.4 is 0 Å². The summed E-state index contributed by atoms with van der Waals surface area (Å²) in [5.74, 6) is 0. The number of non-ortho nitro benzene ring substituents is 1. The van der Waals surface area contributed by atoms with E-state index in [4.69, 9.17) is 4.99 Å². The second-order valence-corrected chi connectivity index (χ2v) is 7.39. The second kappa shape index (κ2) is 5.90. The third-order valence-electron chi connectivity index (χ3n) is 4.30. The average Bonchev–Trinajstić information content (AvgIpc) is 3.11. The molecule has 24 heavy (non-hydrogen) atoms. The number of hydrogen-bond donors (Lipinski definition) is 0. The summed E-state index contributed by atoms with van der Waals surface area (Å²) in [6, 6.07) is 12.5. The molecule has 0 saturated carbocycles. The Morgan fingerprint density at radius 2 is 2.17 bits per heavy atom. The highest BCUT2D eigenvalue weighted by atomic mass is 32.2. The predicted octanol–water partition coefficient (Wildman–Crippen LogP) is 3.58. The molecule has 1 aromatic carbocycles. The van der Waals surface area contributed by atoms with Gasteiger partial charge in [-0.2, -0.15) is 0 Å². The highest BCUT2D eigenvalue weighted by molar-refractivity contribution is 8.14. The van der Waals surface area contributed by atoms with Crippen molar-refractivity contribution in [3.05, 3.63) is 70.0 Å². The van der Waals surface area contributed by atoms with Crippen molar-refractivity contribution in [1.29, 1.82) is 0 Å². The van der Waals surface area contributed by atoms with Crippen molar-refractivity contribution in [3.63, 3.8) is 0 Å². The van der Waals surface area contributed by atoms with E-state index >= 15 is 0 Å². The fraction of sp³-hybridized carbons (Fsp3) is 0.294. The quantitative estimate of drug-likeness (QED) is 0.631. The molecular weight excluding hydrogens is 324 g/mol. The number of benzene rings is 1. The Balaban J connectivity index is 1.78. The molecule has 0 radical (unpaired) electrons. The standard InChI is InChI=1S/C17H16N4O2S/c1-11-10-20-16(12-5-4-6-13(9-12)21(22)23)15(19-17(20)24-11)14-7-2-3-8-18-14/h2-9,11,15-16H,10H2,1H3/t11-,15-,16-/m0/s1. The minimum absolute atomic E-state index is 0.0488. The molecule has 0 amide bonds. The number of fused-ring (bicyclic) bond motifs is 1. The number of aliphatic imine (C=N–C) groups is 1. The number of rotatable bonds is 3. The van der Waals surface area contributed by atoms with E-state index in [1.54, 1.807) is 30.1 Å². The first-order valence-corrected chi connectivity index (χ1v) is 8.68. The summed E-state index contributed by atoms with van der Waals surface area (Å²) >= 11 is 1.76. The molecule has 0 N–H and O–H groups in total. The van der Waals surface area contributed by atoms with Crippen molar-refractivity contribution in [2.75, 3.05) is 6.54 Å². The lowest BCUT2D eigenvalue weighted by Crippen LogP contribution is -2.28. The maximum absolute atomic E-state index is 11.1. The van der Waals surface area contributed by atoms with Gasteiger partial charge in [-0.15, -0.1) is 0 Å². The van der Waals surface area contributed by atoms with Crippen LogP contribution in [0, 0.1) is 10.1 Å². The number of thioether (sulfide) groups is 1. The third-order valence-corrected chi connectivity index (χ3v) is 5.41. The van der Waals surface area contributed by atoms with Crippen molar-refractivity contribution >= 4 is 22.6 Å². The average molecular weight is 340 g/mol. The summed E-state index contributed by atoms with van der Waals surface area (Å²) in [5.41, 5.74) is 1.91. The van der Waals surface area contributed by atoms with Gasteiger partial charge in [0.15, 0.2) is 5.17 Å². The van der Waals surface area contributed by atoms with Crippen LogP contribution in [0.3, 0.4) is 0 Å². The van der Waals surface area contributed by atoms with E-state index in [0.717, 1.165) is 23.0 Å². The molecule has 2 aliphatic heterocycles. The fourth-order valence-electron chi connectivity index (χ4n) is 3.30. The van der Waals surface area contributed by atoms with E-state index in [2.05, 4.69) is 16.8 Å². The van der Waals surface area contributed by atoms with Crippen molar-refractivity contribution in [3.8, 4) is 0 Å². The number of nitro benzene ring substituents is 1. The van der Waals surface area contributed by atoms with E-state index < -0.39 is 0 Å². The van der Waals surface area contributed by atoms with Gasteiger partial charge in [-0.25, -0.2) is 0 Å². The molecule has 122 valence electrons. The molecule has 0 spiro atoms. The molecule has 2 aromatic rings. The minimum atomic E-state index is -0.350. The normalized spacial score (nSPS) is 25.5. The molecule has 4 rings (SSSR count). The number of nitrogens with zero attached hydrogens (tertiary/aromatic N) is 4. The van der Waals surface area contributed by atoms with Gasteiger partial charge in [0.1, 0.15) is 6.04 Å². The topological polar surface area (TPSA) is 71.6 Å². The largest absolute Gasteiger partial charge is 0.341 e. The Hall–Kier alpha value is -2.41. The lowest BCUT2D eigenvalue weighted by atomic mass is 9.96. The highest BCUT2D eigenvalue weighted by Crippen LogP contribution is 2.47. The Labute approximate surface area is 143 Å². The van der Waals surface area contributed by atoms with Crippen LogP contribution in [0.1, 0.15) is 30.3 Å². The van der Waals surface area contributed by atoms with E-state index in [1.807, 2.05) is 24.3 Å². The maximum Gasteiger partial charge on any atom is 0.269 e. The van der Waals surface area contributed by atoms with Crippen LogP contribution in [-0.2, 0) is 0 Å². The summed E-state index contributed by atoms with van der Waals surface area (Å²) in [6.07, 6.45) is 1.76. The summed E-state index contributed by atoms with van der Waals surface area (Å²) in [4.78, 5) is 22.4. The Morgan fingerprint density at radius 3 is 2.92 bits per heavy atom. The van der Waals surface area contributed by atoms with Crippen molar-refractivity contribution in [2.24, 2.45) is 4.99 Å². The zero-order valence-electron chi connectivity index (χ0n) is 13.1. The first-order chi connectivity index (χ1) is 11.6. The molecular formula is C17H16N4O2S. The van der Waals surface area contributed by atoms with Crippen LogP contribution in [0.5, 0.6) is 0 Å². The van der Waals surface area contributed by atoms with Gasteiger partial charge in [0.2, 0.25) is 0 Å². The van der Waals surface area contributed by atoms with E-state index in [1.165, 1.54) is 6.07 Å². The van der Waals surface area contributed by atoms with Gasteiger partial charge in [-0.3, -0.25) is 20.1 Å². The summed E-state index contributed by atoms with van der Waals surface area (Å²) in [5, 5.41) is 12.6. The van der Waals surface area contributed by atoms with Crippen LogP contribution in [0.25, 0.3) is 0 Å². The van der Waals surface area contributed by atoms with Crippen LogP contribution in [0.4, 0.5) is 5.69 Å². The SMILES string of the molecule is C[C@H]1CN2C(=N[C@@H](c3ccccn3)[C@@H]2c2cccc([N+](=O)[O-])c2)S1. The minimum Gasteiger partial charge on any atom is -0.341 e. The zero-order chi connectivity index (χ0) is 16.7.